The highest BCUT2D eigenvalue weighted by molar-refractivity contribution is 5.98. The highest BCUT2D eigenvalue weighted by atomic mass is 16.1. The molecule has 0 amide bonds. The minimum atomic E-state index is 0.161. The van der Waals surface area contributed by atoms with Crippen molar-refractivity contribution in [3.05, 3.63) is 0 Å². The molecule has 1 aliphatic rings. The molecule has 54 valence electrons. The van der Waals surface area contributed by atoms with Gasteiger partial charge < -0.3 is 0 Å². The number of ketones is 1. The van der Waals surface area contributed by atoms with E-state index in [1.165, 1.54) is 0 Å². The van der Waals surface area contributed by atoms with Gasteiger partial charge in [-0.2, -0.15) is 0 Å². The summed E-state index contributed by atoms with van der Waals surface area (Å²) in [6, 6.07) is 0. The number of Topliss-reactive ketones (excluding diaryl/α,β-unsaturated/α-hetero) is 1. The van der Waals surface area contributed by atoms with Gasteiger partial charge in [-0.25, -0.2) is 0 Å². The van der Waals surface area contributed by atoms with Crippen molar-refractivity contribution in [3.63, 3.8) is 0 Å². The van der Waals surface area contributed by atoms with Gasteiger partial charge in [0.25, 0.3) is 0 Å². The highest BCUT2D eigenvalue weighted by Crippen LogP contribution is 2.29. The number of unbranched alkanes of at least 4 members (excludes halogenated alkanes) is 1. The van der Waals surface area contributed by atoms with Gasteiger partial charge in [-0.1, -0.05) is 12.8 Å². The lowest BCUT2D eigenvalue weighted by Crippen LogP contribution is -1.93. The van der Waals surface area contributed by atoms with E-state index in [2.05, 4.69) is 18.8 Å². The van der Waals surface area contributed by atoms with Gasteiger partial charge in [0.1, 0.15) is 0 Å². The molecule has 0 bridgehead atoms. The van der Waals surface area contributed by atoms with Crippen LogP contribution in [0.5, 0.6) is 0 Å². The second kappa shape index (κ2) is 3.41. The van der Waals surface area contributed by atoms with Crippen molar-refractivity contribution in [1.29, 1.82) is 0 Å². The summed E-state index contributed by atoms with van der Waals surface area (Å²) in [5.41, 5.74) is 0. The zero-order valence-electron chi connectivity index (χ0n) is 6.31. The molecule has 0 aliphatic heterocycles. The minimum absolute atomic E-state index is 0.161. The van der Waals surface area contributed by atoms with Crippen molar-refractivity contribution in [3.8, 4) is 11.8 Å². The smallest absolute Gasteiger partial charge is 0.208 e. The molecule has 0 N–H and O–H groups in total. The molecule has 0 aromatic carbocycles. The lowest BCUT2D eigenvalue weighted by molar-refractivity contribution is -0.114. The highest BCUT2D eigenvalue weighted by Gasteiger charge is 2.27. The van der Waals surface area contributed by atoms with E-state index in [9.17, 15) is 4.79 Å². The molecule has 1 heteroatoms. The Bertz CT molecular complexity index is 179. The lowest BCUT2D eigenvalue weighted by atomic mass is 10.2. The van der Waals surface area contributed by atoms with Crippen molar-refractivity contribution < 1.29 is 4.79 Å². The van der Waals surface area contributed by atoms with Crippen molar-refractivity contribution in [2.24, 2.45) is 5.92 Å². The number of hydrogen-bond acceptors (Lipinski definition) is 1. The summed E-state index contributed by atoms with van der Waals surface area (Å²) >= 11 is 0. The van der Waals surface area contributed by atoms with Crippen LogP contribution in [0.25, 0.3) is 0 Å². The molecule has 1 rings (SSSR count). The largest absolute Gasteiger partial charge is 0.285 e. The Balaban J connectivity index is 2.23. The Morgan fingerprint density at radius 3 is 2.80 bits per heavy atom. The number of rotatable bonds is 2. The predicted octanol–water partition coefficient (Wildman–Crippen LogP) is 1.77. The summed E-state index contributed by atoms with van der Waals surface area (Å²) in [6.45, 7) is 2.07. The van der Waals surface area contributed by atoms with Gasteiger partial charge >= 0.3 is 0 Å². The van der Waals surface area contributed by atoms with E-state index in [0.717, 1.165) is 25.7 Å². The minimum Gasteiger partial charge on any atom is -0.285 e. The van der Waals surface area contributed by atoms with Crippen LogP contribution in [0.2, 0.25) is 0 Å². The average Bonchev–Trinajstić information content (AvgIpc) is 2.69. The van der Waals surface area contributed by atoms with E-state index in [4.69, 9.17) is 0 Å². The summed E-state index contributed by atoms with van der Waals surface area (Å²) in [5.74, 6) is 5.98. The molecule has 0 saturated heterocycles. The summed E-state index contributed by atoms with van der Waals surface area (Å²) in [5, 5.41) is 0. The zero-order valence-corrected chi connectivity index (χ0v) is 6.31. The topological polar surface area (TPSA) is 17.1 Å². The van der Waals surface area contributed by atoms with Gasteiger partial charge in [0.15, 0.2) is 0 Å². The Kier molecular flexibility index (Phi) is 2.50. The first-order chi connectivity index (χ1) is 4.84. The first kappa shape index (κ1) is 7.34. The molecular weight excluding hydrogens is 124 g/mol. The van der Waals surface area contributed by atoms with Gasteiger partial charge in [0.2, 0.25) is 5.78 Å². The van der Waals surface area contributed by atoms with E-state index < -0.39 is 0 Å². The maximum atomic E-state index is 10.9. The van der Waals surface area contributed by atoms with Crippen LogP contribution in [0.4, 0.5) is 0 Å². The zero-order chi connectivity index (χ0) is 7.40. The van der Waals surface area contributed by atoms with Crippen LogP contribution in [-0.2, 0) is 4.79 Å². The first-order valence-corrected chi connectivity index (χ1v) is 3.87. The third-order valence-electron chi connectivity index (χ3n) is 1.53. The van der Waals surface area contributed by atoms with Crippen LogP contribution in [0.1, 0.15) is 32.6 Å². The molecule has 1 fully saturated rings. The Hall–Kier alpha value is -0.770. The van der Waals surface area contributed by atoms with Crippen LogP contribution in [-0.4, -0.2) is 5.78 Å². The van der Waals surface area contributed by atoms with Gasteiger partial charge in [0, 0.05) is 12.3 Å². The third kappa shape index (κ3) is 2.23. The fourth-order valence-corrected chi connectivity index (χ4v) is 0.722. The normalized spacial score (nSPS) is 15.7. The van der Waals surface area contributed by atoms with Crippen LogP contribution in [0.3, 0.4) is 0 Å². The van der Waals surface area contributed by atoms with Crippen LogP contribution >= 0.6 is 0 Å². The molecule has 10 heavy (non-hydrogen) atoms. The Labute approximate surface area is 61.8 Å². The van der Waals surface area contributed by atoms with Crippen LogP contribution < -0.4 is 0 Å². The van der Waals surface area contributed by atoms with E-state index >= 15 is 0 Å². The van der Waals surface area contributed by atoms with Gasteiger partial charge in [-0.05, 0) is 25.2 Å². The summed E-state index contributed by atoms with van der Waals surface area (Å²) < 4.78 is 0. The van der Waals surface area contributed by atoms with E-state index in [0.29, 0.717) is 5.92 Å². The molecule has 0 unspecified atom stereocenters. The van der Waals surface area contributed by atoms with E-state index in [1.54, 1.807) is 0 Å². The first-order valence-electron chi connectivity index (χ1n) is 3.87. The quantitative estimate of drug-likeness (QED) is 0.417. The SMILES string of the molecule is CCCC#CC(=O)C1CC1. The maximum Gasteiger partial charge on any atom is 0.208 e. The molecule has 0 radical (unpaired) electrons. The summed E-state index contributed by atoms with van der Waals surface area (Å²) in [7, 11) is 0. The summed E-state index contributed by atoms with van der Waals surface area (Å²) in [4.78, 5) is 10.9. The maximum absolute atomic E-state index is 10.9. The standard InChI is InChI=1S/C9H12O/c1-2-3-4-5-9(10)8-6-7-8/h8H,2-3,6-7H2,1H3. The molecule has 1 saturated carbocycles. The number of hydrogen-bond donors (Lipinski definition) is 0. The second-order valence-corrected chi connectivity index (χ2v) is 2.69. The molecule has 0 aromatic rings. The monoisotopic (exact) mass is 136 g/mol. The molecule has 0 spiro atoms. The second-order valence-electron chi connectivity index (χ2n) is 2.69. The van der Waals surface area contributed by atoms with Crippen LogP contribution in [0, 0.1) is 17.8 Å². The van der Waals surface area contributed by atoms with E-state index in [-0.39, 0.29) is 5.78 Å². The predicted molar refractivity (Wildman–Crippen MR) is 40.4 cm³/mol. The molecule has 0 aromatic heterocycles. The van der Waals surface area contributed by atoms with Crippen molar-refractivity contribution >= 4 is 5.78 Å². The van der Waals surface area contributed by atoms with Crippen LogP contribution in [0.15, 0.2) is 0 Å². The van der Waals surface area contributed by atoms with E-state index in [1.807, 2.05) is 0 Å². The lowest BCUT2D eigenvalue weighted by Gasteiger charge is -1.80. The molecule has 1 aliphatic carbocycles. The molecular formula is C9H12O. The Morgan fingerprint density at radius 1 is 1.60 bits per heavy atom. The fourth-order valence-electron chi connectivity index (χ4n) is 0.722. The fraction of sp³-hybridized carbons (Fsp3) is 0.667. The number of carbonyl (C=O) groups excluding carboxylic acids is 1. The Morgan fingerprint density at radius 2 is 2.30 bits per heavy atom. The molecule has 0 heterocycles. The molecule has 0 atom stereocenters. The van der Waals surface area contributed by atoms with Crippen molar-refractivity contribution in [2.45, 2.75) is 32.6 Å². The van der Waals surface area contributed by atoms with Gasteiger partial charge in [-0.15, -0.1) is 0 Å². The van der Waals surface area contributed by atoms with Gasteiger partial charge in [0.05, 0.1) is 0 Å². The average molecular weight is 136 g/mol. The van der Waals surface area contributed by atoms with Crippen molar-refractivity contribution in [2.75, 3.05) is 0 Å². The molecule has 1 nitrogen and oxygen atoms in total. The number of carbonyl (C=O) groups is 1. The summed E-state index contributed by atoms with van der Waals surface area (Å²) in [6.07, 6.45) is 4.04. The van der Waals surface area contributed by atoms with Crippen molar-refractivity contribution in [1.82, 2.24) is 0 Å². The van der Waals surface area contributed by atoms with Gasteiger partial charge in [-0.3, -0.25) is 4.79 Å². The third-order valence-corrected chi connectivity index (χ3v) is 1.53.